The molecule has 3 atom stereocenters. The highest BCUT2D eigenvalue weighted by Crippen LogP contribution is 2.36. The van der Waals surface area contributed by atoms with Crippen molar-refractivity contribution in [1.82, 2.24) is 20.2 Å². The third kappa shape index (κ3) is 4.85. The van der Waals surface area contributed by atoms with Gasteiger partial charge in [0.05, 0.1) is 11.0 Å². The van der Waals surface area contributed by atoms with E-state index < -0.39 is 0 Å². The number of rotatable bonds is 5. The van der Waals surface area contributed by atoms with Gasteiger partial charge in [0, 0.05) is 54.8 Å². The number of carbonyl (C=O) groups excluding carboxylic acids is 1. The zero-order chi connectivity index (χ0) is 24.4. The molecule has 2 bridgehead atoms. The molecule has 4 aromatic rings. The average Bonchev–Trinajstić information content (AvgIpc) is 3.51. The normalized spacial score (nSPS) is 21.1. The Morgan fingerprint density at radius 3 is 2.80 bits per heavy atom. The maximum Gasteiger partial charge on any atom is 0.290 e. The predicted molar refractivity (Wildman–Crippen MR) is 132 cm³/mol. The summed E-state index contributed by atoms with van der Waals surface area (Å²) in [7, 11) is 0. The smallest absolute Gasteiger partial charge is 0.290 e. The molecule has 10 heteroatoms. The highest BCUT2D eigenvalue weighted by Gasteiger charge is 2.41. The molecule has 182 valence electrons. The number of fused-ring (bicyclic) bond motifs is 4. The zero-order valence-corrected chi connectivity index (χ0v) is 20.0. The molecule has 6 rings (SSSR count). The number of carbonyl (C=O) groups is 2. The van der Waals surface area contributed by atoms with E-state index in [1.807, 2.05) is 36.6 Å². The van der Waals surface area contributed by atoms with Crippen molar-refractivity contribution in [2.45, 2.75) is 57.3 Å². The molecule has 0 aliphatic carbocycles. The minimum atomic E-state index is -0.250. The van der Waals surface area contributed by atoms with Gasteiger partial charge in [0.1, 0.15) is 11.3 Å². The van der Waals surface area contributed by atoms with Crippen LogP contribution in [0.2, 0.25) is 0 Å². The Bertz CT molecular complexity index is 1310. The van der Waals surface area contributed by atoms with Gasteiger partial charge in [0.2, 0.25) is 5.91 Å². The number of piperidine rings is 1. The van der Waals surface area contributed by atoms with E-state index in [9.17, 15) is 4.79 Å². The summed E-state index contributed by atoms with van der Waals surface area (Å²) in [5, 5.41) is 12.2. The van der Waals surface area contributed by atoms with Crippen molar-refractivity contribution in [3.8, 4) is 10.9 Å². The lowest BCUT2D eigenvalue weighted by atomic mass is 9.97. The number of thiazole rings is 1. The van der Waals surface area contributed by atoms with Gasteiger partial charge in [-0.2, -0.15) is 4.98 Å². The molecule has 9 nitrogen and oxygen atoms in total. The van der Waals surface area contributed by atoms with Crippen molar-refractivity contribution in [3.05, 3.63) is 48.4 Å². The molecule has 2 fully saturated rings. The summed E-state index contributed by atoms with van der Waals surface area (Å²) in [5.41, 5.74) is 2.63. The van der Waals surface area contributed by atoms with Crippen molar-refractivity contribution in [2.75, 3.05) is 0 Å². The number of furan rings is 1. The van der Waals surface area contributed by atoms with Gasteiger partial charge in [-0.15, -0.1) is 0 Å². The van der Waals surface area contributed by atoms with Crippen molar-refractivity contribution in [1.29, 1.82) is 0 Å². The Hall–Kier alpha value is -3.50. The Labute approximate surface area is 205 Å². The van der Waals surface area contributed by atoms with Crippen LogP contribution in [0.25, 0.3) is 21.3 Å². The Morgan fingerprint density at radius 2 is 2.09 bits per heavy atom. The molecule has 35 heavy (non-hydrogen) atoms. The number of amides is 1. The number of benzene rings is 1. The van der Waals surface area contributed by atoms with Gasteiger partial charge in [-0.1, -0.05) is 11.3 Å². The fourth-order valence-corrected chi connectivity index (χ4v) is 6.06. The average molecular weight is 495 g/mol. The summed E-state index contributed by atoms with van der Waals surface area (Å²) < 4.78 is 12.8. The number of aromatic nitrogens is 2. The number of nitrogens with one attached hydrogen (secondary N) is 1. The van der Waals surface area contributed by atoms with E-state index in [0.29, 0.717) is 34.7 Å². The van der Waals surface area contributed by atoms with Gasteiger partial charge >= 0.3 is 0 Å². The van der Waals surface area contributed by atoms with Crippen LogP contribution in [0.4, 0.5) is 0 Å². The van der Waals surface area contributed by atoms with Crippen LogP contribution < -0.4 is 10.1 Å². The minimum absolute atomic E-state index is 0.219. The molecule has 3 aromatic heterocycles. The van der Waals surface area contributed by atoms with Crippen LogP contribution in [-0.2, 0) is 16.1 Å². The first-order valence-electron chi connectivity index (χ1n) is 11.6. The van der Waals surface area contributed by atoms with Gasteiger partial charge < -0.3 is 24.5 Å². The van der Waals surface area contributed by atoms with E-state index in [0.717, 1.165) is 53.5 Å². The summed E-state index contributed by atoms with van der Waals surface area (Å²) in [6.07, 6.45) is 7.87. The van der Waals surface area contributed by atoms with Crippen molar-refractivity contribution < 1.29 is 23.8 Å². The lowest BCUT2D eigenvalue weighted by Crippen LogP contribution is -2.50. The second-order valence-corrected chi connectivity index (χ2v) is 9.79. The maximum atomic E-state index is 11.9. The Balaban J connectivity index is 0.000000806. The molecule has 2 N–H and O–H groups in total. The highest BCUT2D eigenvalue weighted by molar-refractivity contribution is 7.20. The van der Waals surface area contributed by atoms with E-state index in [1.54, 1.807) is 13.1 Å². The first kappa shape index (κ1) is 23.3. The predicted octanol–water partition coefficient (Wildman–Crippen LogP) is 4.56. The largest absolute Gasteiger partial charge is 0.483 e. The van der Waals surface area contributed by atoms with E-state index >= 15 is 0 Å². The maximum absolute atomic E-state index is 11.9. The summed E-state index contributed by atoms with van der Waals surface area (Å²) >= 11 is 1.47. The number of ether oxygens (including phenoxy) is 1. The van der Waals surface area contributed by atoms with Gasteiger partial charge in [-0.05, 0) is 49.9 Å². The summed E-state index contributed by atoms with van der Waals surface area (Å²) in [6, 6.07) is 11.0. The molecule has 1 aromatic carbocycles. The van der Waals surface area contributed by atoms with Gasteiger partial charge in [0.15, 0.2) is 5.65 Å². The van der Waals surface area contributed by atoms with E-state index in [2.05, 4.69) is 20.2 Å². The van der Waals surface area contributed by atoms with E-state index in [-0.39, 0.29) is 12.4 Å². The third-order valence-electron chi connectivity index (χ3n) is 6.66. The quantitative estimate of drug-likeness (QED) is 0.388. The van der Waals surface area contributed by atoms with Crippen LogP contribution in [0, 0.1) is 0 Å². The van der Waals surface area contributed by atoms with Crippen LogP contribution in [0.15, 0.2) is 47.2 Å². The Kier molecular flexibility index (Phi) is 6.65. The first-order chi connectivity index (χ1) is 17.1. The topological polar surface area (TPSA) is 118 Å². The van der Waals surface area contributed by atoms with Gasteiger partial charge in [-0.25, -0.2) is 4.98 Å². The SMILES string of the molecule is CC(=O)N1[C@@H]2CC[C@H]1CC(NCc1coc3cc(Oc4nc5ncccc5s4)ccc13)C2.O=CO. The number of hydrogen-bond donors (Lipinski definition) is 2. The molecular weight excluding hydrogens is 468 g/mol. The molecule has 1 unspecified atom stereocenters. The van der Waals surface area contributed by atoms with Crippen LogP contribution >= 0.6 is 11.3 Å². The molecule has 5 heterocycles. The second kappa shape index (κ2) is 10.0. The summed E-state index contributed by atoms with van der Waals surface area (Å²) in [6.45, 7) is 2.20. The van der Waals surface area contributed by atoms with Crippen molar-refractivity contribution in [3.63, 3.8) is 0 Å². The number of pyridine rings is 1. The monoisotopic (exact) mass is 494 g/mol. The van der Waals surface area contributed by atoms with Crippen LogP contribution in [0.1, 0.15) is 38.2 Å². The van der Waals surface area contributed by atoms with E-state index in [4.69, 9.17) is 19.1 Å². The molecule has 0 spiro atoms. The fraction of sp³-hybridized carbons (Fsp3) is 0.360. The number of hydrogen-bond acceptors (Lipinski definition) is 8. The lowest BCUT2D eigenvalue weighted by molar-refractivity contribution is -0.133. The molecule has 0 saturated carbocycles. The van der Waals surface area contributed by atoms with Gasteiger partial charge in [-0.3, -0.25) is 9.59 Å². The summed E-state index contributed by atoms with van der Waals surface area (Å²) in [4.78, 5) is 31.1. The lowest BCUT2D eigenvalue weighted by Gasteiger charge is -2.38. The van der Waals surface area contributed by atoms with Crippen LogP contribution in [0.5, 0.6) is 10.9 Å². The molecule has 2 saturated heterocycles. The van der Waals surface area contributed by atoms with Crippen LogP contribution in [-0.4, -0.2) is 50.5 Å². The molecule has 2 aliphatic rings. The first-order valence-corrected chi connectivity index (χ1v) is 12.4. The standard InChI is InChI=1S/C24H24N4O3S.CH2O2/c1-14(29)28-17-4-5-18(28)10-16(9-17)26-12-15-13-30-21-11-19(6-7-20(15)21)31-24-27-23-22(32-24)3-2-8-25-23;2-1-3/h2-3,6-8,11,13,16-18,26H,4-5,9-10,12H2,1H3;1H,(H,2,3)/t16?,17-,18+;. The fourth-order valence-electron chi connectivity index (χ4n) is 5.27. The second-order valence-electron chi connectivity index (χ2n) is 8.79. The molecular formula is C25H26N4O5S. The summed E-state index contributed by atoms with van der Waals surface area (Å²) in [5.74, 6) is 0.913. The van der Waals surface area contributed by atoms with Crippen molar-refractivity contribution >= 4 is 45.0 Å². The van der Waals surface area contributed by atoms with Crippen LogP contribution in [0.3, 0.4) is 0 Å². The Morgan fingerprint density at radius 1 is 1.31 bits per heavy atom. The third-order valence-corrected chi connectivity index (χ3v) is 7.54. The van der Waals surface area contributed by atoms with E-state index in [1.165, 1.54) is 11.3 Å². The van der Waals surface area contributed by atoms with Gasteiger partial charge in [0.25, 0.3) is 11.7 Å². The molecule has 0 radical (unpaired) electrons. The molecule has 1 amide bonds. The zero-order valence-electron chi connectivity index (χ0n) is 19.2. The van der Waals surface area contributed by atoms with Crippen molar-refractivity contribution in [2.24, 2.45) is 0 Å². The highest BCUT2D eigenvalue weighted by atomic mass is 32.1. The number of nitrogens with zero attached hydrogens (tertiary/aromatic N) is 3. The molecule has 2 aliphatic heterocycles. The minimum Gasteiger partial charge on any atom is -0.483 e. The number of carboxylic acid groups (broad SMARTS) is 1.